The van der Waals surface area contributed by atoms with E-state index in [-0.39, 0.29) is 17.9 Å². The lowest BCUT2D eigenvalue weighted by molar-refractivity contribution is -0.138. The van der Waals surface area contributed by atoms with Crippen molar-refractivity contribution < 1.29 is 27.8 Å². The molecule has 1 heterocycles. The van der Waals surface area contributed by atoms with Gasteiger partial charge >= 0.3 is 5.97 Å². The number of carboxylic acids is 1. The molecule has 0 saturated carbocycles. The number of nitrogens with zero attached hydrogens (tertiary/aromatic N) is 1. The first kappa shape index (κ1) is 24.1. The minimum absolute atomic E-state index is 0.194. The molecule has 0 amide bonds. The SMILES string of the molecule is CCOc1cc2c(cc1OCC)C(CC(=O)O)N(S(=O)(=O)c1c(C)cc(C)cc1C)CC2. The van der Waals surface area contributed by atoms with Crippen LogP contribution >= 0.6 is 0 Å². The molecule has 3 rings (SSSR count). The maximum atomic E-state index is 13.8. The second kappa shape index (κ2) is 9.50. The molecule has 2 aromatic carbocycles. The summed E-state index contributed by atoms with van der Waals surface area (Å²) in [5, 5.41) is 9.63. The molecule has 0 aromatic heterocycles. The first-order valence-electron chi connectivity index (χ1n) is 10.8. The summed E-state index contributed by atoms with van der Waals surface area (Å²) in [5.41, 5.74) is 3.83. The van der Waals surface area contributed by atoms with Crippen LogP contribution in [-0.4, -0.2) is 43.6 Å². The van der Waals surface area contributed by atoms with E-state index in [1.54, 1.807) is 19.9 Å². The molecule has 0 saturated heterocycles. The number of hydrogen-bond acceptors (Lipinski definition) is 5. The number of hydrogen-bond donors (Lipinski definition) is 1. The molecule has 8 heteroatoms. The molecule has 0 radical (unpaired) electrons. The average Bonchev–Trinajstić information content (AvgIpc) is 2.67. The van der Waals surface area contributed by atoms with Crippen LogP contribution in [0.4, 0.5) is 0 Å². The number of carbonyl (C=O) groups is 1. The van der Waals surface area contributed by atoms with Crippen molar-refractivity contribution in [1.82, 2.24) is 4.31 Å². The summed E-state index contributed by atoms with van der Waals surface area (Å²) < 4.78 is 40.4. The van der Waals surface area contributed by atoms with Crippen molar-refractivity contribution >= 4 is 16.0 Å². The molecule has 32 heavy (non-hydrogen) atoms. The van der Waals surface area contributed by atoms with Gasteiger partial charge in [0.05, 0.1) is 30.6 Å². The van der Waals surface area contributed by atoms with E-state index in [0.717, 1.165) is 11.1 Å². The van der Waals surface area contributed by atoms with Gasteiger partial charge in [-0.2, -0.15) is 4.31 Å². The van der Waals surface area contributed by atoms with E-state index < -0.39 is 22.0 Å². The number of aliphatic carboxylic acids is 1. The fourth-order valence-electron chi connectivity index (χ4n) is 4.58. The number of rotatable bonds is 8. The first-order valence-corrected chi connectivity index (χ1v) is 12.3. The molecule has 1 atom stereocenters. The molecule has 2 aromatic rings. The molecule has 1 aliphatic heterocycles. The zero-order valence-corrected chi connectivity index (χ0v) is 20.1. The lowest BCUT2D eigenvalue weighted by atomic mass is 9.91. The number of sulfonamides is 1. The summed E-state index contributed by atoms with van der Waals surface area (Å²) in [6.07, 6.45) is 0.122. The van der Waals surface area contributed by atoms with Gasteiger partial charge in [-0.15, -0.1) is 0 Å². The second-order valence-corrected chi connectivity index (χ2v) is 9.90. The summed E-state index contributed by atoms with van der Waals surface area (Å²) in [5.74, 6) is 0.0152. The quantitative estimate of drug-likeness (QED) is 0.634. The highest BCUT2D eigenvalue weighted by molar-refractivity contribution is 7.89. The Balaban J connectivity index is 2.16. The number of aryl methyl sites for hydroxylation is 3. The Kier molecular flexibility index (Phi) is 7.15. The van der Waals surface area contributed by atoms with Crippen LogP contribution in [0.1, 0.15) is 54.1 Å². The minimum Gasteiger partial charge on any atom is -0.490 e. The van der Waals surface area contributed by atoms with Gasteiger partial charge in [-0.1, -0.05) is 17.7 Å². The maximum absolute atomic E-state index is 13.8. The number of benzene rings is 2. The van der Waals surface area contributed by atoms with Gasteiger partial charge in [0.15, 0.2) is 11.5 Å². The predicted molar refractivity (Wildman–Crippen MR) is 122 cm³/mol. The van der Waals surface area contributed by atoms with Crippen LogP contribution in [0.5, 0.6) is 11.5 Å². The Hall–Kier alpha value is -2.58. The Morgan fingerprint density at radius 2 is 1.59 bits per heavy atom. The predicted octanol–water partition coefficient (Wildman–Crippen LogP) is 4.17. The van der Waals surface area contributed by atoms with Crippen LogP contribution in [0.25, 0.3) is 0 Å². The molecule has 174 valence electrons. The van der Waals surface area contributed by atoms with Crippen LogP contribution in [0.15, 0.2) is 29.2 Å². The van der Waals surface area contributed by atoms with Crippen molar-refractivity contribution in [3.8, 4) is 11.5 Å². The molecular formula is C24H31NO6S. The molecule has 1 aliphatic rings. The summed E-state index contributed by atoms with van der Waals surface area (Å²) in [7, 11) is -3.93. The molecule has 0 aliphatic carbocycles. The van der Waals surface area contributed by atoms with E-state index in [0.29, 0.717) is 47.8 Å². The summed E-state index contributed by atoms with van der Waals surface area (Å²) in [6.45, 7) is 10.3. The Bertz CT molecular complexity index is 1100. The normalized spacial score (nSPS) is 16.5. The van der Waals surface area contributed by atoms with E-state index in [1.807, 2.05) is 39.0 Å². The molecule has 0 fully saturated rings. The molecular weight excluding hydrogens is 430 g/mol. The van der Waals surface area contributed by atoms with Crippen LogP contribution in [0.3, 0.4) is 0 Å². The van der Waals surface area contributed by atoms with Gasteiger partial charge in [-0.3, -0.25) is 4.79 Å². The maximum Gasteiger partial charge on any atom is 0.305 e. The topological polar surface area (TPSA) is 93.1 Å². The van der Waals surface area contributed by atoms with Gasteiger partial charge in [0, 0.05) is 6.54 Å². The highest BCUT2D eigenvalue weighted by Crippen LogP contribution is 2.42. The minimum atomic E-state index is -3.93. The molecule has 1 N–H and O–H groups in total. The van der Waals surface area contributed by atoms with Gasteiger partial charge < -0.3 is 14.6 Å². The summed E-state index contributed by atoms with van der Waals surface area (Å²) in [6, 6.07) is 6.44. The molecule has 7 nitrogen and oxygen atoms in total. The number of fused-ring (bicyclic) bond motifs is 1. The van der Waals surface area contributed by atoms with Gasteiger partial charge in [-0.25, -0.2) is 8.42 Å². The summed E-state index contributed by atoms with van der Waals surface area (Å²) in [4.78, 5) is 12.0. The third kappa shape index (κ3) is 4.61. The fraction of sp³-hybridized carbons (Fsp3) is 0.458. The highest BCUT2D eigenvalue weighted by atomic mass is 32.2. The van der Waals surface area contributed by atoms with Crippen LogP contribution in [0, 0.1) is 20.8 Å². The molecule has 1 unspecified atom stereocenters. The van der Waals surface area contributed by atoms with Gasteiger partial charge in [0.25, 0.3) is 0 Å². The van der Waals surface area contributed by atoms with Crippen LogP contribution < -0.4 is 9.47 Å². The van der Waals surface area contributed by atoms with Crippen LogP contribution in [0.2, 0.25) is 0 Å². The lowest BCUT2D eigenvalue weighted by Gasteiger charge is -2.36. The molecule has 0 spiro atoms. The third-order valence-corrected chi connectivity index (χ3v) is 7.87. The van der Waals surface area contributed by atoms with Gasteiger partial charge in [-0.05, 0) is 75.4 Å². The van der Waals surface area contributed by atoms with Crippen molar-refractivity contribution in [3.05, 3.63) is 52.1 Å². The van der Waals surface area contributed by atoms with E-state index in [1.165, 1.54) is 4.31 Å². The monoisotopic (exact) mass is 461 g/mol. The highest BCUT2D eigenvalue weighted by Gasteiger charge is 2.39. The third-order valence-electron chi connectivity index (χ3n) is 5.65. The van der Waals surface area contributed by atoms with Crippen molar-refractivity contribution in [1.29, 1.82) is 0 Å². The first-order chi connectivity index (χ1) is 15.1. The zero-order chi connectivity index (χ0) is 23.6. The van der Waals surface area contributed by atoms with E-state index in [9.17, 15) is 18.3 Å². The average molecular weight is 462 g/mol. The smallest absolute Gasteiger partial charge is 0.305 e. The Labute approximate surface area is 190 Å². The second-order valence-electron chi connectivity index (χ2n) is 8.07. The standard InChI is InChI=1S/C24H31NO6S/c1-6-30-21-12-18-8-9-25(20(14-23(26)27)19(18)13-22(21)31-7-2)32(28,29)24-16(4)10-15(3)11-17(24)5/h10-13,20H,6-9,14H2,1-5H3,(H,26,27). The Morgan fingerprint density at radius 3 is 2.12 bits per heavy atom. The van der Waals surface area contributed by atoms with E-state index in [4.69, 9.17) is 9.47 Å². The van der Waals surface area contributed by atoms with Crippen molar-refractivity contribution in [2.24, 2.45) is 0 Å². The number of ether oxygens (including phenoxy) is 2. The van der Waals surface area contributed by atoms with Crippen molar-refractivity contribution in [3.63, 3.8) is 0 Å². The van der Waals surface area contributed by atoms with Gasteiger partial charge in [0.1, 0.15) is 0 Å². The zero-order valence-electron chi connectivity index (χ0n) is 19.3. The van der Waals surface area contributed by atoms with Gasteiger partial charge in [0.2, 0.25) is 10.0 Å². The lowest BCUT2D eigenvalue weighted by Crippen LogP contribution is -2.41. The van der Waals surface area contributed by atoms with E-state index >= 15 is 0 Å². The van der Waals surface area contributed by atoms with Crippen LogP contribution in [-0.2, 0) is 21.2 Å². The summed E-state index contributed by atoms with van der Waals surface area (Å²) >= 11 is 0. The largest absolute Gasteiger partial charge is 0.490 e. The number of carboxylic acid groups (broad SMARTS) is 1. The Morgan fingerprint density at radius 1 is 1.03 bits per heavy atom. The fourth-order valence-corrected chi connectivity index (χ4v) is 6.60. The van der Waals surface area contributed by atoms with E-state index in [2.05, 4.69) is 0 Å². The van der Waals surface area contributed by atoms with Crippen molar-refractivity contribution in [2.45, 2.75) is 58.4 Å². The van der Waals surface area contributed by atoms with Crippen molar-refractivity contribution in [2.75, 3.05) is 19.8 Å². The molecule has 0 bridgehead atoms.